The highest BCUT2D eigenvalue weighted by Crippen LogP contribution is 2.59. The van der Waals surface area contributed by atoms with Gasteiger partial charge in [0.25, 0.3) is 0 Å². The fourth-order valence-electron chi connectivity index (χ4n) is 4.68. The van der Waals surface area contributed by atoms with E-state index < -0.39 is 5.97 Å². The molecular weight excluding hydrogens is 344 g/mol. The van der Waals surface area contributed by atoms with Crippen LogP contribution in [0.2, 0.25) is 0 Å². The zero-order valence-electron chi connectivity index (χ0n) is 15.7. The van der Waals surface area contributed by atoms with Crippen molar-refractivity contribution < 1.29 is 19.5 Å². The quantitative estimate of drug-likeness (QED) is 0.880. The van der Waals surface area contributed by atoms with E-state index in [0.717, 1.165) is 24.8 Å². The van der Waals surface area contributed by atoms with Gasteiger partial charge in [0, 0.05) is 32.6 Å². The Morgan fingerprint density at radius 2 is 1.85 bits per heavy atom. The van der Waals surface area contributed by atoms with Crippen LogP contribution in [0, 0.1) is 24.2 Å². The van der Waals surface area contributed by atoms with E-state index >= 15 is 0 Å². The van der Waals surface area contributed by atoms with Crippen molar-refractivity contribution in [1.29, 1.82) is 0 Å². The van der Waals surface area contributed by atoms with Crippen LogP contribution in [0.4, 0.5) is 0 Å². The molecule has 3 aliphatic rings. The number of amides is 2. The SMILES string of the molecule is Cc1ccc(CN2CC(C(=O)N3CCC4(CC3)CC4C(=O)O)CC2=O)cc1. The summed E-state index contributed by atoms with van der Waals surface area (Å²) < 4.78 is 0. The summed E-state index contributed by atoms with van der Waals surface area (Å²) in [4.78, 5) is 40.0. The molecule has 2 saturated heterocycles. The van der Waals surface area contributed by atoms with Crippen LogP contribution in [0.3, 0.4) is 0 Å². The monoisotopic (exact) mass is 370 g/mol. The van der Waals surface area contributed by atoms with Gasteiger partial charge in [0.15, 0.2) is 0 Å². The number of carbonyl (C=O) groups is 3. The van der Waals surface area contributed by atoms with Crippen molar-refractivity contribution in [2.75, 3.05) is 19.6 Å². The first-order valence-electron chi connectivity index (χ1n) is 9.73. The summed E-state index contributed by atoms with van der Waals surface area (Å²) >= 11 is 0. The predicted octanol–water partition coefficient (Wildman–Crippen LogP) is 2.06. The maximum Gasteiger partial charge on any atom is 0.307 e. The Morgan fingerprint density at radius 3 is 2.44 bits per heavy atom. The average Bonchev–Trinajstić information content (AvgIpc) is 3.23. The standard InChI is InChI=1S/C21H26N2O4/c1-14-2-4-15(5-3-14)12-23-13-16(10-18(23)24)19(25)22-8-6-21(7-9-22)11-17(21)20(26)27/h2-5,16-17H,6-13H2,1H3,(H,26,27). The normalized spacial score (nSPS) is 26.5. The number of rotatable bonds is 4. The van der Waals surface area contributed by atoms with Crippen molar-refractivity contribution in [3.63, 3.8) is 0 Å². The Balaban J connectivity index is 1.32. The van der Waals surface area contributed by atoms with Gasteiger partial charge in [-0.1, -0.05) is 29.8 Å². The minimum atomic E-state index is -0.706. The number of piperidine rings is 1. The molecule has 1 N–H and O–H groups in total. The third-order valence-corrected chi connectivity index (χ3v) is 6.62. The number of aliphatic carboxylic acids is 1. The molecule has 6 nitrogen and oxygen atoms in total. The Kier molecular flexibility index (Phi) is 4.44. The highest BCUT2D eigenvalue weighted by atomic mass is 16.4. The van der Waals surface area contributed by atoms with Crippen molar-refractivity contribution in [3.05, 3.63) is 35.4 Å². The molecular formula is C21H26N2O4. The minimum absolute atomic E-state index is 0.0375. The molecule has 1 spiro atoms. The molecule has 2 atom stereocenters. The second-order valence-corrected chi connectivity index (χ2v) is 8.44. The number of aryl methyl sites for hydroxylation is 1. The molecule has 0 bridgehead atoms. The molecule has 6 heteroatoms. The van der Waals surface area contributed by atoms with Gasteiger partial charge in [-0.05, 0) is 37.2 Å². The van der Waals surface area contributed by atoms with Crippen LogP contribution in [-0.2, 0) is 20.9 Å². The third-order valence-electron chi connectivity index (χ3n) is 6.62. The zero-order chi connectivity index (χ0) is 19.2. The van der Waals surface area contributed by atoms with Crippen LogP contribution in [0.25, 0.3) is 0 Å². The summed E-state index contributed by atoms with van der Waals surface area (Å²) in [6.45, 7) is 4.29. The van der Waals surface area contributed by atoms with Crippen LogP contribution in [0.1, 0.15) is 36.8 Å². The van der Waals surface area contributed by atoms with E-state index in [4.69, 9.17) is 0 Å². The number of hydrogen-bond donors (Lipinski definition) is 1. The van der Waals surface area contributed by atoms with E-state index in [0.29, 0.717) is 26.2 Å². The van der Waals surface area contributed by atoms with Gasteiger partial charge in [-0.3, -0.25) is 14.4 Å². The van der Waals surface area contributed by atoms with Crippen LogP contribution >= 0.6 is 0 Å². The van der Waals surface area contributed by atoms with Gasteiger partial charge < -0.3 is 14.9 Å². The van der Waals surface area contributed by atoms with E-state index in [2.05, 4.69) is 0 Å². The molecule has 0 radical (unpaired) electrons. The van der Waals surface area contributed by atoms with E-state index in [1.54, 1.807) is 4.90 Å². The number of nitrogens with zero attached hydrogens (tertiary/aromatic N) is 2. The van der Waals surface area contributed by atoms with Gasteiger partial charge in [0.1, 0.15) is 0 Å². The van der Waals surface area contributed by atoms with Crippen molar-refractivity contribution in [1.82, 2.24) is 9.80 Å². The smallest absolute Gasteiger partial charge is 0.307 e. The second-order valence-electron chi connectivity index (χ2n) is 8.44. The Morgan fingerprint density at radius 1 is 1.19 bits per heavy atom. The molecule has 3 fully saturated rings. The molecule has 1 aromatic carbocycles. The highest BCUT2D eigenvalue weighted by molar-refractivity contribution is 5.89. The molecule has 0 aromatic heterocycles. The molecule has 2 aliphatic heterocycles. The Bertz CT molecular complexity index is 765. The summed E-state index contributed by atoms with van der Waals surface area (Å²) in [5.74, 6) is -1.12. The van der Waals surface area contributed by atoms with Crippen molar-refractivity contribution in [3.8, 4) is 0 Å². The van der Waals surface area contributed by atoms with Crippen molar-refractivity contribution in [2.45, 2.75) is 39.2 Å². The van der Waals surface area contributed by atoms with Gasteiger partial charge >= 0.3 is 5.97 Å². The fourth-order valence-corrected chi connectivity index (χ4v) is 4.68. The Hall–Kier alpha value is -2.37. The lowest BCUT2D eigenvalue weighted by Crippen LogP contribution is -2.43. The molecule has 4 rings (SSSR count). The molecule has 1 aromatic rings. The number of benzene rings is 1. The fraction of sp³-hybridized carbons (Fsp3) is 0.571. The van der Waals surface area contributed by atoms with Crippen molar-refractivity contribution >= 4 is 17.8 Å². The molecule has 2 heterocycles. The summed E-state index contributed by atoms with van der Waals surface area (Å²) in [6, 6.07) is 8.11. The largest absolute Gasteiger partial charge is 0.481 e. The number of carbonyl (C=O) groups excluding carboxylic acids is 2. The predicted molar refractivity (Wildman–Crippen MR) is 98.7 cm³/mol. The molecule has 1 saturated carbocycles. The van der Waals surface area contributed by atoms with Gasteiger partial charge in [0.2, 0.25) is 11.8 Å². The van der Waals surface area contributed by atoms with E-state index in [1.165, 1.54) is 5.56 Å². The van der Waals surface area contributed by atoms with Gasteiger partial charge in [0.05, 0.1) is 11.8 Å². The van der Waals surface area contributed by atoms with E-state index in [1.807, 2.05) is 36.1 Å². The van der Waals surface area contributed by atoms with Gasteiger partial charge in [-0.25, -0.2) is 0 Å². The topological polar surface area (TPSA) is 77.9 Å². The molecule has 2 amide bonds. The first-order chi connectivity index (χ1) is 12.9. The number of likely N-dealkylation sites (tertiary alicyclic amines) is 2. The van der Waals surface area contributed by atoms with Gasteiger partial charge in [-0.2, -0.15) is 0 Å². The van der Waals surface area contributed by atoms with Crippen LogP contribution < -0.4 is 0 Å². The first kappa shape index (κ1) is 18.0. The van der Waals surface area contributed by atoms with Crippen LogP contribution in [0.5, 0.6) is 0 Å². The number of carboxylic acid groups (broad SMARTS) is 1. The lowest BCUT2D eigenvalue weighted by molar-refractivity contribution is -0.140. The summed E-state index contributed by atoms with van der Waals surface area (Å²) in [5, 5.41) is 9.19. The molecule has 2 unspecified atom stereocenters. The first-order valence-corrected chi connectivity index (χ1v) is 9.73. The highest BCUT2D eigenvalue weighted by Gasteiger charge is 2.59. The van der Waals surface area contributed by atoms with Gasteiger partial charge in [-0.15, -0.1) is 0 Å². The maximum absolute atomic E-state index is 12.9. The number of carboxylic acids is 1. The van der Waals surface area contributed by atoms with E-state index in [9.17, 15) is 19.5 Å². The average molecular weight is 370 g/mol. The molecule has 144 valence electrons. The number of hydrogen-bond acceptors (Lipinski definition) is 3. The van der Waals surface area contributed by atoms with Crippen LogP contribution in [0.15, 0.2) is 24.3 Å². The lowest BCUT2D eigenvalue weighted by atomic mass is 9.90. The summed E-state index contributed by atoms with van der Waals surface area (Å²) in [5.41, 5.74) is 2.18. The second kappa shape index (κ2) is 6.66. The Labute approximate surface area is 159 Å². The summed E-state index contributed by atoms with van der Waals surface area (Å²) in [6.07, 6.45) is 2.56. The summed E-state index contributed by atoms with van der Waals surface area (Å²) in [7, 11) is 0. The van der Waals surface area contributed by atoms with Crippen LogP contribution in [-0.4, -0.2) is 52.3 Å². The molecule has 27 heavy (non-hydrogen) atoms. The zero-order valence-corrected chi connectivity index (χ0v) is 15.7. The minimum Gasteiger partial charge on any atom is -0.481 e. The molecule has 1 aliphatic carbocycles. The maximum atomic E-state index is 12.9. The lowest BCUT2D eigenvalue weighted by Gasteiger charge is -2.34. The third kappa shape index (κ3) is 3.45. The van der Waals surface area contributed by atoms with Crippen molar-refractivity contribution in [2.24, 2.45) is 17.3 Å². The van der Waals surface area contributed by atoms with E-state index in [-0.39, 0.29) is 35.5 Å².